The SMILES string of the molecule is Cc1cc(C)cc(NC(=O)CSCc2nc(N)nc(Nc3ccccc3C)n2)c1. The van der Waals surface area contributed by atoms with Gasteiger partial charge < -0.3 is 16.4 Å². The minimum absolute atomic E-state index is 0.0692. The number of benzene rings is 2. The molecular formula is C21H24N6OS. The van der Waals surface area contributed by atoms with Crippen LogP contribution < -0.4 is 16.4 Å². The predicted octanol–water partition coefficient (Wildman–Crippen LogP) is 3.99. The number of thioether (sulfide) groups is 1. The smallest absolute Gasteiger partial charge is 0.234 e. The van der Waals surface area contributed by atoms with Crippen molar-refractivity contribution in [1.82, 2.24) is 15.0 Å². The maximum Gasteiger partial charge on any atom is 0.234 e. The highest BCUT2D eigenvalue weighted by molar-refractivity contribution is 7.99. The minimum atomic E-state index is -0.0692. The van der Waals surface area contributed by atoms with Gasteiger partial charge in [-0.05, 0) is 55.7 Å². The molecule has 0 fully saturated rings. The van der Waals surface area contributed by atoms with Crippen LogP contribution in [0.3, 0.4) is 0 Å². The van der Waals surface area contributed by atoms with Gasteiger partial charge in [-0.2, -0.15) is 15.0 Å². The van der Waals surface area contributed by atoms with Gasteiger partial charge in [-0.1, -0.05) is 24.3 Å². The fraction of sp³-hybridized carbons (Fsp3) is 0.238. The Kier molecular flexibility index (Phi) is 6.66. The second-order valence-corrected chi connectivity index (χ2v) is 7.78. The topological polar surface area (TPSA) is 106 Å². The number of nitrogens with zero attached hydrogens (tertiary/aromatic N) is 3. The molecule has 8 heteroatoms. The van der Waals surface area contributed by atoms with Crippen LogP contribution in [0, 0.1) is 20.8 Å². The zero-order valence-electron chi connectivity index (χ0n) is 16.7. The highest BCUT2D eigenvalue weighted by Gasteiger charge is 2.09. The summed E-state index contributed by atoms with van der Waals surface area (Å²) >= 11 is 1.42. The van der Waals surface area contributed by atoms with Crippen molar-refractivity contribution in [3.8, 4) is 0 Å². The van der Waals surface area contributed by atoms with Crippen LogP contribution in [0.5, 0.6) is 0 Å². The molecule has 0 saturated heterocycles. The van der Waals surface area contributed by atoms with Crippen LogP contribution in [0.2, 0.25) is 0 Å². The molecule has 3 aromatic rings. The Balaban J connectivity index is 1.57. The number of rotatable bonds is 7. The summed E-state index contributed by atoms with van der Waals surface area (Å²) in [5.41, 5.74) is 10.8. The van der Waals surface area contributed by atoms with Gasteiger partial charge in [0.25, 0.3) is 0 Å². The van der Waals surface area contributed by atoms with E-state index in [0.29, 0.717) is 23.3 Å². The van der Waals surface area contributed by atoms with E-state index < -0.39 is 0 Å². The van der Waals surface area contributed by atoms with Gasteiger partial charge >= 0.3 is 0 Å². The number of carbonyl (C=O) groups excluding carboxylic acids is 1. The Morgan fingerprint density at radius 1 is 1.03 bits per heavy atom. The van der Waals surface area contributed by atoms with Crippen molar-refractivity contribution in [1.29, 1.82) is 0 Å². The number of para-hydroxylation sites is 1. The standard InChI is InChI=1S/C21H24N6OS/c1-13-8-14(2)10-16(9-13)23-19(28)12-29-11-18-25-20(22)27-21(26-18)24-17-7-5-4-6-15(17)3/h4-10H,11-12H2,1-3H3,(H,23,28)(H3,22,24,25,26,27). The number of hydrogen-bond acceptors (Lipinski definition) is 7. The van der Waals surface area contributed by atoms with Crippen molar-refractivity contribution >= 4 is 40.9 Å². The van der Waals surface area contributed by atoms with Gasteiger partial charge in [0.2, 0.25) is 17.8 Å². The number of nitrogens with one attached hydrogen (secondary N) is 2. The fourth-order valence-electron chi connectivity index (χ4n) is 2.87. The molecule has 0 saturated carbocycles. The summed E-state index contributed by atoms with van der Waals surface area (Å²) in [6.45, 7) is 6.01. The summed E-state index contributed by atoms with van der Waals surface area (Å²) < 4.78 is 0. The number of aryl methyl sites for hydroxylation is 3. The molecule has 3 rings (SSSR count). The summed E-state index contributed by atoms with van der Waals surface area (Å²) in [6.07, 6.45) is 0. The first-order valence-electron chi connectivity index (χ1n) is 9.18. The molecule has 0 bridgehead atoms. The summed E-state index contributed by atoms with van der Waals surface area (Å²) in [5.74, 6) is 1.74. The van der Waals surface area contributed by atoms with Crippen LogP contribution in [0.15, 0.2) is 42.5 Å². The summed E-state index contributed by atoms with van der Waals surface area (Å²) in [6, 6.07) is 13.8. The first kappa shape index (κ1) is 20.6. The van der Waals surface area contributed by atoms with E-state index in [1.54, 1.807) is 0 Å². The Morgan fingerprint density at radius 2 is 1.76 bits per heavy atom. The van der Waals surface area contributed by atoms with Crippen LogP contribution in [0.4, 0.5) is 23.3 Å². The van der Waals surface area contributed by atoms with E-state index >= 15 is 0 Å². The van der Waals surface area contributed by atoms with Gasteiger partial charge in [0.1, 0.15) is 5.82 Å². The van der Waals surface area contributed by atoms with E-state index in [2.05, 4.69) is 31.7 Å². The van der Waals surface area contributed by atoms with Crippen LogP contribution >= 0.6 is 11.8 Å². The first-order chi connectivity index (χ1) is 13.9. The van der Waals surface area contributed by atoms with Crippen LogP contribution in [0.1, 0.15) is 22.5 Å². The number of amides is 1. The summed E-state index contributed by atoms with van der Waals surface area (Å²) in [7, 11) is 0. The molecule has 29 heavy (non-hydrogen) atoms. The van der Waals surface area contributed by atoms with E-state index in [-0.39, 0.29) is 11.9 Å². The van der Waals surface area contributed by atoms with Gasteiger partial charge in [0.15, 0.2) is 0 Å². The number of nitrogen functional groups attached to an aromatic ring is 1. The van der Waals surface area contributed by atoms with Crippen molar-refractivity contribution in [3.05, 3.63) is 65.0 Å². The number of carbonyl (C=O) groups is 1. The zero-order chi connectivity index (χ0) is 20.8. The number of hydrogen-bond donors (Lipinski definition) is 3. The maximum atomic E-state index is 12.2. The van der Waals surface area contributed by atoms with Crippen molar-refractivity contribution < 1.29 is 4.79 Å². The summed E-state index contributed by atoms with van der Waals surface area (Å²) in [5, 5.41) is 6.09. The van der Waals surface area contributed by atoms with Gasteiger partial charge in [-0.25, -0.2) is 0 Å². The van der Waals surface area contributed by atoms with Crippen molar-refractivity contribution in [2.45, 2.75) is 26.5 Å². The number of aromatic nitrogens is 3. The third-order valence-electron chi connectivity index (χ3n) is 4.06. The summed E-state index contributed by atoms with van der Waals surface area (Å²) in [4.78, 5) is 24.9. The Hall–Kier alpha value is -3.13. The number of nitrogens with two attached hydrogens (primary N) is 1. The molecule has 150 valence electrons. The molecule has 0 unspecified atom stereocenters. The van der Waals surface area contributed by atoms with Gasteiger partial charge in [-0.3, -0.25) is 4.79 Å². The van der Waals surface area contributed by atoms with E-state index in [1.807, 2.05) is 57.2 Å². The molecule has 1 aromatic heterocycles. The van der Waals surface area contributed by atoms with Crippen LogP contribution in [0.25, 0.3) is 0 Å². The lowest BCUT2D eigenvalue weighted by Crippen LogP contribution is -2.14. The van der Waals surface area contributed by atoms with E-state index in [1.165, 1.54) is 11.8 Å². The Morgan fingerprint density at radius 3 is 2.48 bits per heavy atom. The van der Waals surface area contributed by atoms with Gasteiger partial charge in [-0.15, -0.1) is 11.8 Å². The van der Waals surface area contributed by atoms with Crippen molar-refractivity contribution in [2.24, 2.45) is 0 Å². The van der Waals surface area contributed by atoms with Crippen LogP contribution in [-0.2, 0) is 10.5 Å². The highest BCUT2D eigenvalue weighted by atomic mass is 32.2. The minimum Gasteiger partial charge on any atom is -0.368 e. The molecule has 0 aliphatic heterocycles. The molecule has 1 heterocycles. The molecule has 4 N–H and O–H groups in total. The second kappa shape index (κ2) is 9.38. The van der Waals surface area contributed by atoms with Gasteiger partial charge in [0, 0.05) is 11.4 Å². The third kappa shape index (κ3) is 6.18. The molecule has 0 spiro atoms. The lowest BCUT2D eigenvalue weighted by Gasteiger charge is -2.10. The lowest BCUT2D eigenvalue weighted by atomic mass is 10.1. The maximum absolute atomic E-state index is 12.2. The predicted molar refractivity (Wildman–Crippen MR) is 119 cm³/mol. The van der Waals surface area contributed by atoms with Crippen molar-refractivity contribution in [3.63, 3.8) is 0 Å². The normalized spacial score (nSPS) is 10.6. The second-order valence-electron chi connectivity index (χ2n) is 6.79. The van der Waals surface area contributed by atoms with Crippen LogP contribution in [-0.4, -0.2) is 26.6 Å². The molecule has 0 aliphatic rings. The largest absolute Gasteiger partial charge is 0.368 e. The highest BCUT2D eigenvalue weighted by Crippen LogP contribution is 2.19. The number of anilines is 4. The van der Waals surface area contributed by atoms with Crippen molar-refractivity contribution in [2.75, 3.05) is 22.1 Å². The monoisotopic (exact) mass is 408 g/mol. The zero-order valence-corrected chi connectivity index (χ0v) is 17.5. The van der Waals surface area contributed by atoms with E-state index in [4.69, 9.17) is 5.73 Å². The molecule has 0 aliphatic carbocycles. The quantitative estimate of drug-likeness (QED) is 0.543. The average molecular weight is 409 g/mol. The third-order valence-corrected chi connectivity index (χ3v) is 4.99. The van der Waals surface area contributed by atoms with Gasteiger partial charge in [0.05, 0.1) is 11.5 Å². The van der Waals surface area contributed by atoms with E-state index in [0.717, 1.165) is 28.1 Å². The van der Waals surface area contributed by atoms with E-state index in [9.17, 15) is 4.79 Å². The molecule has 7 nitrogen and oxygen atoms in total. The first-order valence-corrected chi connectivity index (χ1v) is 10.3. The molecular weight excluding hydrogens is 384 g/mol. The Labute approximate surface area is 174 Å². The Bertz CT molecular complexity index is 1000. The average Bonchev–Trinajstić information content (AvgIpc) is 2.62. The molecule has 2 aromatic carbocycles. The fourth-order valence-corrected chi connectivity index (χ4v) is 3.54. The lowest BCUT2D eigenvalue weighted by molar-refractivity contribution is -0.113. The molecule has 1 amide bonds. The molecule has 0 radical (unpaired) electrons. The molecule has 0 atom stereocenters.